The fourth-order valence-electron chi connectivity index (χ4n) is 0. The van der Waals surface area contributed by atoms with E-state index in [2.05, 4.69) is 0 Å². The molecule has 0 atom stereocenters. The van der Waals surface area contributed by atoms with Gasteiger partial charge < -0.3 is 5.11 Å². The standard InChI is InChI=1S/C2H6O.Li/c1-2-3;/h3H,2H2,1H3;. The summed E-state index contributed by atoms with van der Waals surface area (Å²) in [7, 11) is 0. The average Bonchev–Trinajstić information content (AvgIpc) is 0.918. The predicted octanol–water partition coefficient (Wildman–Crippen LogP) is -0.382. The van der Waals surface area contributed by atoms with Crippen LogP contribution in [0.1, 0.15) is 6.92 Å². The zero-order valence-electron chi connectivity index (χ0n) is 3.15. The minimum Gasteiger partial charge on any atom is -0.397 e. The first-order chi connectivity index (χ1) is 1.41. The Morgan fingerprint density at radius 1 is 1.75 bits per heavy atom. The van der Waals surface area contributed by atoms with Gasteiger partial charge in [-0.3, -0.25) is 0 Å². The second kappa shape index (κ2) is 9.59. The van der Waals surface area contributed by atoms with Crippen LogP contribution in [-0.2, 0) is 0 Å². The molecule has 0 rings (SSSR count). The summed E-state index contributed by atoms with van der Waals surface area (Å²) >= 11 is 0. The van der Waals surface area contributed by atoms with E-state index in [1.54, 1.807) is 6.92 Å². The van der Waals surface area contributed by atoms with Gasteiger partial charge in [-0.05, 0) is 6.92 Å². The Kier molecular flexibility index (Phi) is 21.1. The van der Waals surface area contributed by atoms with E-state index in [-0.39, 0.29) is 25.5 Å². The molecular weight excluding hydrogens is 47.0 g/mol. The molecule has 0 aliphatic carbocycles. The molecule has 21 valence electrons. The van der Waals surface area contributed by atoms with Crippen LogP contribution in [0.4, 0.5) is 0 Å². The molecule has 0 heterocycles. The van der Waals surface area contributed by atoms with Crippen LogP contribution in [0.25, 0.3) is 0 Å². The van der Waals surface area contributed by atoms with Crippen molar-refractivity contribution in [3.8, 4) is 0 Å². The fraction of sp³-hybridized carbons (Fsp3) is 1.00. The third kappa shape index (κ3) is 20.0. The summed E-state index contributed by atoms with van der Waals surface area (Å²) in [5, 5.41) is 7.57. The number of aliphatic hydroxyl groups is 1. The summed E-state index contributed by atoms with van der Waals surface area (Å²) in [6.07, 6.45) is 0. The molecule has 0 unspecified atom stereocenters. The molecule has 4 heavy (non-hydrogen) atoms. The quantitative estimate of drug-likeness (QED) is 0.373. The van der Waals surface area contributed by atoms with Gasteiger partial charge in [0.25, 0.3) is 0 Å². The van der Waals surface area contributed by atoms with Crippen LogP contribution in [0.2, 0.25) is 0 Å². The maximum absolute atomic E-state index is 7.57. The van der Waals surface area contributed by atoms with Crippen molar-refractivity contribution in [2.75, 3.05) is 6.61 Å². The van der Waals surface area contributed by atoms with Crippen LogP contribution in [0.5, 0.6) is 0 Å². The van der Waals surface area contributed by atoms with Gasteiger partial charge in [-0.1, -0.05) is 0 Å². The molecule has 0 spiro atoms. The number of rotatable bonds is 0. The zero-order chi connectivity index (χ0) is 2.71. The molecule has 0 fully saturated rings. The second-order valence-corrected chi connectivity index (χ2v) is 0.316. The van der Waals surface area contributed by atoms with E-state index >= 15 is 0 Å². The van der Waals surface area contributed by atoms with E-state index < -0.39 is 0 Å². The first-order valence-electron chi connectivity index (χ1n) is 1.02. The SMILES string of the molecule is CCO.[Li]. The van der Waals surface area contributed by atoms with Gasteiger partial charge in [0, 0.05) is 25.5 Å². The van der Waals surface area contributed by atoms with E-state index in [1.807, 2.05) is 0 Å². The van der Waals surface area contributed by atoms with Crippen LogP contribution >= 0.6 is 0 Å². The Bertz CT molecular complexity index is 6.00. The van der Waals surface area contributed by atoms with Crippen molar-refractivity contribution in [1.82, 2.24) is 0 Å². The molecule has 0 aromatic heterocycles. The van der Waals surface area contributed by atoms with Gasteiger partial charge in [0.2, 0.25) is 0 Å². The summed E-state index contributed by atoms with van der Waals surface area (Å²) in [4.78, 5) is 0. The van der Waals surface area contributed by atoms with E-state index in [9.17, 15) is 0 Å². The van der Waals surface area contributed by atoms with Gasteiger partial charge in [-0.2, -0.15) is 0 Å². The first-order valence-corrected chi connectivity index (χ1v) is 1.02. The molecule has 0 aromatic rings. The Hall–Kier alpha value is 0.557. The predicted molar refractivity (Wildman–Crippen MR) is 18.5 cm³/mol. The molecule has 0 aromatic carbocycles. The third-order valence-corrected chi connectivity index (χ3v) is 0. The van der Waals surface area contributed by atoms with Crippen molar-refractivity contribution in [3.63, 3.8) is 0 Å². The number of hydrogen-bond donors (Lipinski definition) is 1. The second-order valence-electron chi connectivity index (χ2n) is 0.316. The Morgan fingerprint density at radius 2 is 1.75 bits per heavy atom. The number of aliphatic hydroxyl groups excluding tert-OH is 1. The summed E-state index contributed by atoms with van der Waals surface area (Å²) in [6.45, 7) is 1.93. The van der Waals surface area contributed by atoms with Crippen LogP contribution in [-0.4, -0.2) is 30.6 Å². The molecule has 1 radical (unpaired) electrons. The Labute approximate surface area is 38.2 Å². The van der Waals surface area contributed by atoms with Crippen LogP contribution in [0, 0.1) is 0 Å². The third-order valence-electron chi connectivity index (χ3n) is 0. The number of hydrogen-bond acceptors (Lipinski definition) is 1. The van der Waals surface area contributed by atoms with Crippen molar-refractivity contribution < 1.29 is 5.11 Å². The Morgan fingerprint density at radius 3 is 1.75 bits per heavy atom. The molecule has 1 N–H and O–H groups in total. The van der Waals surface area contributed by atoms with Gasteiger partial charge >= 0.3 is 0 Å². The van der Waals surface area contributed by atoms with Gasteiger partial charge in [0.1, 0.15) is 0 Å². The van der Waals surface area contributed by atoms with Crippen molar-refractivity contribution in [1.29, 1.82) is 0 Å². The first kappa shape index (κ1) is 8.82. The Balaban J connectivity index is 0. The summed E-state index contributed by atoms with van der Waals surface area (Å²) < 4.78 is 0. The van der Waals surface area contributed by atoms with Crippen molar-refractivity contribution >= 4 is 18.9 Å². The van der Waals surface area contributed by atoms with Gasteiger partial charge in [0.05, 0.1) is 0 Å². The van der Waals surface area contributed by atoms with Crippen molar-refractivity contribution in [2.45, 2.75) is 6.92 Å². The van der Waals surface area contributed by atoms with Crippen molar-refractivity contribution in [2.24, 2.45) is 0 Å². The molecule has 0 aliphatic heterocycles. The molecule has 0 aliphatic rings. The van der Waals surface area contributed by atoms with Gasteiger partial charge in [-0.25, -0.2) is 0 Å². The summed E-state index contributed by atoms with van der Waals surface area (Å²) in [6, 6.07) is 0. The van der Waals surface area contributed by atoms with E-state index in [0.717, 1.165) is 0 Å². The summed E-state index contributed by atoms with van der Waals surface area (Å²) in [5.41, 5.74) is 0. The normalized spacial score (nSPS) is 4.50. The molecule has 0 bridgehead atoms. The smallest absolute Gasteiger partial charge is 0.0402 e. The molecule has 0 amide bonds. The maximum Gasteiger partial charge on any atom is 0.0402 e. The van der Waals surface area contributed by atoms with Crippen LogP contribution in [0.15, 0.2) is 0 Å². The molecule has 2 heteroatoms. The maximum atomic E-state index is 7.57. The summed E-state index contributed by atoms with van der Waals surface area (Å²) in [5.74, 6) is 0. The zero-order valence-corrected chi connectivity index (χ0v) is 3.15. The molecular formula is C2H6LiO. The topological polar surface area (TPSA) is 20.2 Å². The van der Waals surface area contributed by atoms with E-state index in [1.165, 1.54) is 0 Å². The van der Waals surface area contributed by atoms with Gasteiger partial charge in [-0.15, -0.1) is 0 Å². The largest absolute Gasteiger partial charge is 0.397 e. The van der Waals surface area contributed by atoms with Crippen LogP contribution < -0.4 is 0 Å². The average molecular weight is 53.0 g/mol. The fourth-order valence-corrected chi connectivity index (χ4v) is 0. The monoisotopic (exact) mass is 53.1 g/mol. The van der Waals surface area contributed by atoms with Crippen molar-refractivity contribution in [3.05, 3.63) is 0 Å². The minimum atomic E-state index is 0. The molecule has 0 saturated carbocycles. The van der Waals surface area contributed by atoms with Crippen LogP contribution in [0.3, 0.4) is 0 Å². The molecule has 1 nitrogen and oxygen atoms in total. The van der Waals surface area contributed by atoms with E-state index in [0.29, 0.717) is 0 Å². The van der Waals surface area contributed by atoms with Gasteiger partial charge in [0.15, 0.2) is 0 Å². The van der Waals surface area contributed by atoms with E-state index in [4.69, 9.17) is 5.11 Å². The molecule has 0 saturated heterocycles. The minimum absolute atomic E-state index is 0.